The molecule has 4 aliphatic heterocycles. The van der Waals surface area contributed by atoms with Crippen LogP contribution in [0.5, 0.6) is 0 Å². The molecule has 6 aliphatic rings. The van der Waals surface area contributed by atoms with E-state index in [0.717, 1.165) is 32.9 Å². The first-order chi connectivity index (χ1) is 13.5. The van der Waals surface area contributed by atoms with Crippen molar-refractivity contribution in [1.29, 1.82) is 0 Å². The lowest BCUT2D eigenvalue weighted by Gasteiger charge is -2.32. The summed E-state index contributed by atoms with van der Waals surface area (Å²) in [6.45, 7) is 0. The van der Waals surface area contributed by atoms with Crippen LogP contribution in [0.4, 0.5) is 0 Å². The number of benzene rings is 2. The molecule has 0 atom stereocenters. The van der Waals surface area contributed by atoms with Crippen LogP contribution in [0.3, 0.4) is 0 Å². The molecule has 0 saturated heterocycles. The Kier molecular flexibility index (Phi) is 4.88. The maximum absolute atomic E-state index is 11.8. The standard InChI is InChI=1S/C11H9BrClN.C11H10BrNO/c12-7-1-2-9-6-3-8(4-6)14-11(13)10(9)5-7;12-7-1-2-9-6-3-8(4-6)13-11(14)10(9)5-7/h1-2,5-6,8H,3-4H2;1-2,5-6,8H,3-4H2,(H,13,14). The molecule has 2 aliphatic carbocycles. The van der Waals surface area contributed by atoms with Gasteiger partial charge in [-0.15, -0.1) is 0 Å². The van der Waals surface area contributed by atoms with Crippen molar-refractivity contribution >= 4 is 54.5 Å². The summed E-state index contributed by atoms with van der Waals surface area (Å²) in [4.78, 5) is 16.2. The Morgan fingerprint density at radius 1 is 0.893 bits per heavy atom. The first-order valence-electron chi connectivity index (χ1n) is 9.61. The predicted octanol–water partition coefficient (Wildman–Crippen LogP) is 6.13. The Bertz CT molecular complexity index is 988. The number of carbonyl (C=O) groups excluding carboxylic acids is 1. The van der Waals surface area contributed by atoms with Gasteiger partial charge in [0.05, 0.1) is 6.04 Å². The molecule has 28 heavy (non-hydrogen) atoms. The van der Waals surface area contributed by atoms with E-state index in [4.69, 9.17) is 11.6 Å². The molecular formula is C22H19Br2ClN2O. The summed E-state index contributed by atoms with van der Waals surface area (Å²) < 4.78 is 2.05. The molecule has 2 aromatic carbocycles. The molecule has 8 rings (SSSR count). The Labute approximate surface area is 186 Å². The summed E-state index contributed by atoms with van der Waals surface area (Å²) in [6.07, 6.45) is 4.57. The van der Waals surface area contributed by atoms with Crippen molar-refractivity contribution in [1.82, 2.24) is 5.32 Å². The maximum atomic E-state index is 11.8. The third kappa shape index (κ3) is 3.35. The number of hydrogen-bond acceptors (Lipinski definition) is 2. The fourth-order valence-corrected chi connectivity index (χ4v) is 5.60. The van der Waals surface area contributed by atoms with Crippen LogP contribution in [0.15, 0.2) is 50.3 Å². The van der Waals surface area contributed by atoms with Crippen LogP contribution < -0.4 is 5.32 Å². The molecule has 0 unspecified atom stereocenters. The van der Waals surface area contributed by atoms with Crippen LogP contribution >= 0.6 is 43.5 Å². The molecule has 2 fully saturated rings. The van der Waals surface area contributed by atoms with Gasteiger partial charge in [-0.3, -0.25) is 9.79 Å². The van der Waals surface area contributed by atoms with Gasteiger partial charge in [-0.1, -0.05) is 55.6 Å². The van der Waals surface area contributed by atoms with Crippen molar-refractivity contribution < 1.29 is 4.79 Å². The van der Waals surface area contributed by atoms with Crippen molar-refractivity contribution in [3.63, 3.8) is 0 Å². The van der Waals surface area contributed by atoms with Gasteiger partial charge in [0.2, 0.25) is 0 Å². The van der Waals surface area contributed by atoms with Gasteiger partial charge in [-0.25, -0.2) is 0 Å². The van der Waals surface area contributed by atoms with E-state index in [1.165, 1.54) is 24.0 Å². The zero-order valence-electron chi connectivity index (χ0n) is 15.1. The minimum atomic E-state index is 0.0892. The molecule has 0 radical (unpaired) electrons. The lowest BCUT2D eigenvalue weighted by molar-refractivity contribution is 0.0926. The number of carbonyl (C=O) groups is 1. The molecule has 2 aromatic rings. The lowest BCUT2D eigenvalue weighted by Crippen LogP contribution is -2.39. The minimum absolute atomic E-state index is 0.0892. The number of rotatable bonds is 0. The van der Waals surface area contributed by atoms with Gasteiger partial charge in [-0.05, 0) is 72.9 Å². The highest BCUT2D eigenvalue weighted by Gasteiger charge is 2.37. The topological polar surface area (TPSA) is 41.5 Å². The quantitative estimate of drug-likeness (QED) is 0.444. The number of amides is 1. The van der Waals surface area contributed by atoms with Gasteiger partial charge in [-0.2, -0.15) is 0 Å². The molecule has 144 valence electrons. The van der Waals surface area contributed by atoms with E-state index in [-0.39, 0.29) is 5.91 Å². The predicted molar refractivity (Wildman–Crippen MR) is 120 cm³/mol. The number of fused-ring (bicyclic) bond motifs is 1. The summed E-state index contributed by atoms with van der Waals surface area (Å²) in [5.41, 5.74) is 4.56. The second-order valence-corrected chi connectivity index (χ2v) is 10.2. The van der Waals surface area contributed by atoms with Crippen LogP contribution in [-0.4, -0.2) is 23.2 Å². The van der Waals surface area contributed by atoms with Gasteiger partial charge in [0.25, 0.3) is 5.91 Å². The Morgan fingerprint density at radius 3 is 2.14 bits per heavy atom. The normalized spacial score (nSPS) is 28.5. The van der Waals surface area contributed by atoms with Crippen molar-refractivity contribution in [2.45, 2.75) is 49.6 Å². The Balaban J connectivity index is 0.000000122. The van der Waals surface area contributed by atoms with E-state index in [1.54, 1.807) is 0 Å². The highest BCUT2D eigenvalue weighted by Crippen LogP contribution is 2.44. The van der Waals surface area contributed by atoms with E-state index < -0.39 is 0 Å². The number of hydrogen-bond donors (Lipinski definition) is 1. The molecule has 4 bridgehead atoms. The third-order valence-electron chi connectivity index (χ3n) is 6.26. The van der Waals surface area contributed by atoms with E-state index in [1.807, 2.05) is 12.1 Å². The highest BCUT2D eigenvalue weighted by molar-refractivity contribution is 9.10. The molecule has 1 N–H and O–H groups in total. The summed E-state index contributed by atoms with van der Waals surface area (Å²) in [6, 6.07) is 13.2. The SMILES string of the molecule is ClC1=NC2CC(C2)c2ccc(Br)cc21.O=C1NC2CC(C2)c2ccc(Br)cc21. The van der Waals surface area contributed by atoms with Gasteiger partial charge >= 0.3 is 0 Å². The second-order valence-electron chi connectivity index (χ2n) is 8.04. The number of nitrogens with zero attached hydrogens (tertiary/aromatic N) is 1. The van der Waals surface area contributed by atoms with Gasteiger partial charge < -0.3 is 5.32 Å². The van der Waals surface area contributed by atoms with E-state index >= 15 is 0 Å². The zero-order chi connectivity index (χ0) is 19.4. The highest BCUT2D eigenvalue weighted by atomic mass is 79.9. The number of aliphatic imine (C=N–C) groups is 1. The molecule has 3 nitrogen and oxygen atoms in total. The Hall–Kier alpha value is -1.17. The van der Waals surface area contributed by atoms with Crippen LogP contribution in [0.2, 0.25) is 0 Å². The largest absolute Gasteiger partial charge is 0.349 e. The van der Waals surface area contributed by atoms with Crippen LogP contribution in [0.25, 0.3) is 0 Å². The van der Waals surface area contributed by atoms with E-state index in [9.17, 15) is 4.79 Å². The molecule has 1 amide bonds. The maximum Gasteiger partial charge on any atom is 0.251 e. The number of nitrogens with one attached hydrogen (secondary N) is 1. The van der Waals surface area contributed by atoms with E-state index in [2.05, 4.69) is 66.4 Å². The summed E-state index contributed by atoms with van der Waals surface area (Å²) in [5.74, 6) is 1.37. The summed E-state index contributed by atoms with van der Waals surface area (Å²) in [5, 5.41) is 3.72. The average molecular weight is 523 g/mol. The van der Waals surface area contributed by atoms with Crippen LogP contribution in [-0.2, 0) is 0 Å². The first-order valence-corrected chi connectivity index (χ1v) is 11.6. The number of halogens is 3. The summed E-state index contributed by atoms with van der Waals surface area (Å²) >= 11 is 13.0. The first kappa shape index (κ1) is 18.8. The Morgan fingerprint density at radius 2 is 1.46 bits per heavy atom. The molecule has 0 spiro atoms. The van der Waals surface area contributed by atoms with E-state index in [0.29, 0.717) is 29.1 Å². The summed E-state index contributed by atoms with van der Waals surface area (Å²) in [7, 11) is 0. The second kappa shape index (κ2) is 7.26. The van der Waals surface area contributed by atoms with Crippen LogP contribution in [0, 0.1) is 0 Å². The fourth-order valence-electron chi connectivity index (χ4n) is 4.57. The van der Waals surface area contributed by atoms with Crippen molar-refractivity contribution in [3.05, 3.63) is 67.6 Å². The third-order valence-corrected chi connectivity index (χ3v) is 7.55. The molecule has 0 aromatic heterocycles. The van der Waals surface area contributed by atoms with Gasteiger partial charge in [0.1, 0.15) is 5.17 Å². The molecular weight excluding hydrogens is 504 g/mol. The van der Waals surface area contributed by atoms with Gasteiger partial charge in [0.15, 0.2) is 0 Å². The van der Waals surface area contributed by atoms with Crippen molar-refractivity contribution in [2.75, 3.05) is 0 Å². The molecule has 2 saturated carbocycles. The van der Waals surface area contributed by atoms with Gasteiger partial charge in [0, 0.05) is 26.1 Å². The van der Waals surface area contributed by atoms with Crippen LogP contribution in [0.1, 0.15) is 64.6 Å². The zero-order valence-corrected chi connectivity index (χ0v) is 19.0. The monoisotopic (exact) mass is 520 g/mol. The molecule has 4 heterocycles. The fraction of sp³-hybridized carbons (Fsp3) is 0.364. The lowest BCUT2D eigenvalue weighted by atomic mass is 9.76. The van der Waals surface area contributed by atoms with Crippen molar-refractivity contribution in [2.24, 2.45) is 4.99 Å². The van der Waals surface area contributed by atoms with Crippen molar-refractivity contribution in [3.8, 4) is 0 Å². The average Bonchev–Trinajstić information content (AvgIpc) is 2.95. The molecule has 6 heteroatoms. The minimum Gasteiger partial charge on any atom is -0.349 e. The smallest absolute Gasteiger partial charge is 0.251 e.